The highest BCUT2D eigenvalue weighted by Crippen LogP contribution is 2.33. The van der Waals surface area contributed by atoms with Crippen LogP contribution in [0.1, 0.15) is 15.9 Å². The third-order valence-corrected chi connectivity index (χ3v) is 4.18. The molecule has 26 heavy (non-hydrogen) atoms. The molecular formula is C17H9F5N2OS. The van der Waals surface area contributed by atoms with E-state index in [0.717, 1.165) is 11.3 Å². The number of aromatic nitrogens is 1. The van der Waals surface area contributed by atoms with Gasteiger partial charge in [0.25, 0.3) is 5.91 Å². The predicted octanol–water partition coefficient (Wildman–Crippen LogP) is 5.36. The van der Waals surface area contributed by atoms with Crippen LogP contribution >= 0.6 is 11.3 Å². The highest BCUT2D eigenvalue weighted by molar-refractivity contribution is 7.14. The van der Waals surface area contributed by atoms with E-state index in [-0.39, 0.29) is 17.1 Å². The lowest BCUT2D eigenvalue weighted by Crippen LogP contribution is -2.17. The van der Waals surface area contributed by atoms with Crippen LogP contribution in [-0.2, 0) is 6.18 Å². The molecule has 0 saturated carbocycles. The van der Waals surface area contributed by atoms with E-state index < -0.39 is 34.8 Å². The molecule has 134 valence electrons. The number of hydrogen-bond donors (Lipinski definition) is 1. The van der Waals surface area contributed by atoms with E-state index in [1.165, 1.54) is 5.51 Å². The van der Waals surface area contributed by atoms with Crippen LogP contribution in [0.3, 0.4) is 0 Å². The van der Waals surface area contributed by atoms with E-state index in [0.29, 0.717) is 11.3 Å². The minimum absolute atomic E-state index is 0.0861. The summed E-state index contributed by atoms with van der Waals surface area (Å²) in [6.45, 7) is 0. The molecule has 0 saturated heterocycles. The molecule has 3 nitrogen and oxygen atoms in total. The molecule has 2 aromatic carbocycles. The van der Waals surface area contributed by atoms with Gasteiger partial charge in [0.2, 0.25) is 0 Å². The van der Waals surface area contributed by atoms with Crippen molar-refractivity contribution in [2.24, 2.45) is 0 Å². The molecule has 0 spiro atoms. The quantitative estimate of drug-likeness (QED) is 0.618. The number of alkyl halides is 3. The fraction of sp³-hybridized carbons (Fsp3) is 0.0588. The molecule has 1 aromatic heterocycles. The Bertz CT molecular complexity index is 930. The topological polar surface area (TPSA) is 42.0 Å². The molecule has 0 aliphatic heterocycles. The number of carbonyl (C=O) groups is 1. The van der Waals surface area contributed by atoms with Crippen molar-refractivity contribution < 1.29 is 26.7 Å². The van der Waals surface area contributed by atoms with Crippen molar-refractivity contribution in [3.63, 3.8) is 0 Å². The van der Waals surface area contributed by atoms with Gasteiger partial charge in [0, 0.05) is 5.56 Å². The fourth-order valence-electron chi connectivity index (χ4n) is 2.26. The van der Waals surface area contributed by atoms with Crippen LogP contribution in [0.5, 0.6) is 0 Å². The fourth-order valence-corrected chi connectivity index (χ4v) is 2.95. The van der Waals surface area contributed by atoms with Gasteiger partial charge in [-0.15, -0.1) is 11.3 Å². The molecule has 9 heteroatoms. The van der Waals surface area contributed by atoms with Crippen LogP contribution < -0.4 is 5.32 Å². The lowest BCUT2D eigenvalue weighted by Gasteiger charge is -2.11. The van der Waals surface area contributed by atoms with Gasteiger partial charge in [-0.05, 0) is 12.1 Å². The van der Waals surface area contributed by atoms with Crippen molar-refractivity contribution in [1.29, 1.82) is 0 Å². The molecule has 0 aliphatic carbocycles. The number of amides is 1. The molecule has 3 rings (SSSR count). The average molecular weight is 384 g/mol. The monoisotopic (exact) mass is 384 g/mol. The zero-order valence-electron chi connectivity index (χ0n) is 12.8. The zero-order valence-corrected chi connectivity index (χ0v) is 13.6. The van der Waals surface area contributed by atoms with Gasteiger partial charge in [0.15, 0.2) is 0 Å². The molecule has 1 amide bonds. The second-order valence-corrected chi connectivity index (χ2v) is 6.02. The Kier molecular flexibility index (Phi) is 4.73. The Balaban J connectivity index is 1.92. The first-order chi connectivity index (χ1) is 12.3. The molecule has 0 aliphatic rings. The average Bonchev–Trinajstić information content (AvgIpc) is 3.02. The van der Waals surface area contributed by atoms with Gasteiger partial charge in [-0.1, -0.05) is 30.3 Å². The number of carbonyl (C=O) groups excluding carboxylic acids is 1. The predicted molar refractivity (Wildman–Crippen MR) is 86.9 cm³/mol. The van der Waals surface area contributed by atoms with Crippen LogP contribution in [0.4, 0.5) is 27.0 Å². The number of rotatable bonds is 3. The normalized spacial score (nSPS) is 11.4. The van der Waals surface area contributed by atoms with Gasteiger partial charge >= 0.3 is 6.18 Å². The Hall–Kier alpha value is -2.81. The number of anilines is 1. The maximum Gasteiger partial charge on any atom is 0.416 e. The minimum Gasteiger partial charge on any atom is -0.312 e. The van der Waals surface area contributed by atoms with E-state index >= 15 is 0 Å². The van der Waals surface area contributed by atoms with Crippen molar-refractivity contribution >= 4 is 22.2 Å². The number of nitrogens with zero attached hydrogens (tertiary/aromatic N) is 1. The molecule has 0 radical (unpaired) electrons. The highest BCUT2D eigenvalue weighted by Gasteiger charge is 2.33. The summed E-state index contributed by atoms with van der Waals surface area (Å²) < 4.78 is 65.6. The van der Waals surface area contributed by atoms with Gasteiger partial charge in [-0.25, -0.2) is 13.8 Å². The van der Waals surface area contributed by atoms with Crippen LogP contribution in [0.2, 0.25) is 0 Å². The Morgan fingerprint density at radius 3 is 2.23 bits per heavy atom. The molecule has 0 fully saturated rings. The summed E-state index contributed by atoms with van der Waals surface area (Å²) in [7, 11) is 0. The SMILES string of the molecule is O=C(Nc1scnc1-c1ccccc1)c1c(F)cc(C(F)(F)F)cc1F. The minimum atomic E-state index is -4.92. The summed E-state index contributed by atoms with van der Waals surface area (Å²) >= 11 is 1.02. The van der Waals surface area contributed by atoms with Gasteiger partial charge in [-0.2, -0.15) is 13.2 Å². The van der Waals surface area contributed by atoms with E-state index in [4.69, 9.17) is 0 Å². The third-order valence-electron chi connectivity index (χ3n) is 3.44. The third kappa shape index (κ3) is 3.57. The molecule has 3 aromatic rings. The number of halogens is 5. The standard InChI is InChI=1S/C17H9F5N2OS/c18-11-6-10(17(20,21)22)7-12(19)13(11)15(25)24-16-14(23-8-26-16)9-4-2-1-3-5-9/h1-8H,(H,24,25). The maximum atomic E-state index is 13.9. The van der Waals surface area contributed by atoms with Crippen molar-refractivity contribution in [3.05, 3.63) is 70.7 Å². The zero-order chi connectivity index (χ0) is 18.9. The number of benzene rings is 2. The van der Waals surface area contributed by atoms with E-state index in [1.807, 2.05) is 0 Å². The smallest absolute Gasteiger partial charge is 0.312 e. The van der Waals surface area contributed by atoms with Crippen molar-refractivity contribution in [3.8, 4) is 11.3 Å². The van der Waals surface area contributed by atoms with Crippen LogP contribution in [0, 0.1) is 11.6 Å². The summed E-state index contributed by atoms with van der Waals surface area (Å²) in [4.78, 5) is 16.3. The molecule has 0 bridgehead atoms. The van der Waals surface area contributed by atoms with Crippen LogP contribution in [0.15, 0.2) is 48.0 Å². The Morgan fingerprint density at radius 1 is 1.04 bits per heavy atom. The number of hydrogen-bond acceptors (Lipinski definition) is 3. The summed E-state index contributed by atoms with van der Waals surface area (Å²) in [5, 5.41) is 2.52. The molecular weight excluding hydrogens is 375 g/mol. The van der Waals surface area contributed by atoms with Gasteiger partial charge in [0.05, 0.1) is 11.1 Å². The maximum absolute atomic E-state index is 13.9. The summed E-state index contributed by atoms with van der Waals surface area (Å²) in [6.07, 6.45) is -4.92. The second kappa shape index (κ2) is 6.83. The van der Waals surface area contributed by atoms with Gasteiger partial charge < -0.3 is 5.32 Å². The summed E-state index contributed by atoms with van der Waals surface area (Å²) in [5.41, 5.74) is -0.122. The highest BCUT2D eigenvalue weighted by atomic mass is 32.1. The second-order valence-electron chi connectivity index (χ2n) is 5.16. The molecule has 0 unspecified atom stereocenters. The Morgan fingerprint density at radius 2 is 1.65 bits per heavy atom. The van der Waals surface area contributed by atoms with Crippen molar-refractivity contribution in [1.82, 2.24) is 4.98 Å². The van der Waals surface area contributed by atoms with Gasteiger partial charge in [-0.3, -0.25) is 4.79 Å². The van der Waals surface area contributed by atoms with Gasteiger partial charge in [0.1, 0.15) is 27.9 Å². The van der Waals surface area contributed by atoms with E-state index in [1.54, 1.807) is 30.3 Å². The first-order valence-electron chi connectivity index (χ1n) is 7.14. The van der Waals surface area contributed by atoms with E-state index in [9.17, 15) is 26.7 Å². The largest absolute Gasteiger partial charge is 0.416 e. The van der Waals surface area contributed by atoms with E-state index in [2.05, 4.69) is 10.3 Å². The first kappa shape index (κ1) is 18.0. The summed E-state index contributed by atoms with van der Waals surface area (Å²) in [5.74, 6) is -4.39. The summed E-state index contributed by atoms with van der Waals surface area (Å²) in [6, 6.07) is 8.89. The molecule has 1 heterocycles. The number of nitrogens with one attached hydrogen (secondary N) is 1. The molecule has 1 N–H and O–H groups in total. The van der Waals surface area contributed by atoms with Crippen molar-refractivity contribution in [2.45, 2.75) is 6.18 Å². The molecule has 0 atom stereocenters. The first-order valence-corrected chi connectivity index (χ1v) is 8.02. The van der Waals surface area contributed by atoms with Crippen molar-refractivity contribution in [2.75, 3.05) is 5.32 Å². The Labute approximate surface area is 148 Å². The van der Waals surface area contributed by atoms with Crippen LogP contribution in [-0.4, -0.2) is 10.9 Å². The van der Waals surface area contributed by atoms with Crippen LogP contribution in [0.25, 0.3) is 11.3 Å². The number of thiazole rings is 1. The lowest BCUT2D eigenvalue weighted by atomic mass is 10.1. The lowest BCUT2D eigenvalue weighted by molar-refractivity contribution is -0.138.